The van der Waals surface area contributed by atoms with Crippen LogP contribution in [-0.4, -0.2) is 47.2 Å². The largest absolute Gasteiger partial charge is 0.491 e. The molecule has 9 nitrogen and oxygen atoms in total. The Labute approximate surface area is 156 Å². The maximum Gasteiger partial charge on any atom is 0.358 e. The van der Waals surface area contributed by atoms with Gasteiger partial charge in [-0.2, -0.15) is 0 Å². The lowest BCUT2D eigenvalue weighted by Gasteiger charge is -2.17. The van der Waals surface area contributed by atoms with Gasteiger partial charge in [0.25, 0.3) is 5.91 Å². The average molecular weight is 398 g/mol. The summed E-state index contributed by atoms with van der Waals surface area (Å²) in [5, 5.41) is 20.5. The molecule has 0 unspecified atom stereocenters. The summed E-state index contributed by atoms with van der Waals surface area (Å²) in [6.07, 6.45) is -1.08. The molecule has 1 aromatic carbocycles. The number of benzene rings is 1. The molecule has 2 rings (SSSR count). The van der Waals surface area contributed by atoms with Gasteiger partial charge in [0.15, 0.2) is 17.7 Å². The highest BCUT2D eigenvalue weighted by atomic mass is 19.1. The van der Waals surface area contributed by atoms with E-state index in [9.17, 15) is 33.4 Å². The Bertz CT molecular complexity index is 973. The first-order chi connectivity index (χ1) is 13.2. The number of aliphatic hydroxyl groups excluding tert-OH is 1. The van der Waals surface area contributed by atoms with Crippen molar-refractivity contribution in [1.29, 1.82) is 0 Å². The van der Waals surface area contributed by atoms with Crippen LogP contribution in [0.15, 0.2) is 29.2 Å². The van der Waals surface area contributed by atoms with E-state index >= 15 is 0 Å². The van der Waals surface area contributed by atoms with E-state index in [1.54, 1.807) is 0 Å². The number of rotatable bonds is 6. The highest BCUT2D eigenvalue weighted by Crippen LogP contribution is 2.19. The standard InChI is InChI=1S/C17H16F2N2O7/c1-27-15-13(17(26)28-2)21(7-12(22)23)6-9(14(15)24)16(25)20-11-4-3-8(18)5-10(11)19/h3-6,12,22-23H,7H2,1-2H3,(H,20,25). The first kappa shape index (κ1) is 21.0. The number of amides is 1. The number of aromatic nitrogens is 1. The van der Waals surface area contributed by atoms with Crippen molar-refractivity contribution in [2.75, 3.05) is 19.5 Å². The molecule has 3 N–H and O–H groups in total. The van der Waals surface area contributed by atoms with Gasteiger partial charge >= 0.3 is 5.97 Å². The van der Waals surface area contributed by atoms with Crippen molar-refractivity contribution in [3.05, 3.63) is 57.5 Å². The van der Waals surface area contributed by atoms with Crippen LogP contribution in [0.1, 0.15) is 20.8 Å². The molecule has 0 aliphatic rings. The molecule has 0 aliphatic carbocycles. The van der Waals surface area contributed by atoms with Crippen molar-refractivity contribution in [3.8, 4) is 5.75 Å². The number of anilines is 1. The highest BCUT2D eigenvalue weighted by molar-refractivity contribution is 6.05. The molecule has 0 saturated heterocycles. The number of esters is 1. The normalized spacial score (nSPS) is 10.7. The van der Waals surface area contributed by atoms with E-state index in [4.69, 9.17) is 4.74 Å². The number of ether oxygens (including phenoxy) is 2. The van der Waals surface area contributed by atoms with E-state index < -0.39 is 64.5 Å². The van der Waals surface area contributed by atoms with Gasteiger partial charge in [0.2, 0.25) is 5.43 Å². The summed E-state index contributed by atoms with van der Waals surface area (Å²) in [5.74, 6) is -4.63. The summed E-state index contributed by atoms with van der Waals surface area (Å²) >= 11 is 0. The lowest BCUT2D eigenvalue weighted by atomic mass is 10.1. The van der Waals surface area contributed by atoms with Crippen LogP contribution in [0.5, 0.6) is 5.75 Å². The SMILES string of the molecule is COC(=O)c1c(OC)c(=O)c(C(=O)Nc2ccc(F)cc2F)cn1CC(O)O. The van der Waals surface area contributed by atoms with Gasteiger partial charge in [0.1, 0.15) is 17.2 Å². The number of hydrogen-bond donors (Lipinski definition) is 3. The molecule has 0 radical (unpaired) electrons. The summed E-state index contributed by atoms with van der Waals surface area (Å²) in [6, 6.07) is 2.40. The summed E-state index contributed by atoms with van der Waals surface area (Å²) in [7, 11) is 2.09. The molecule has 28 heavy (non-hydrogen) atoms. The van der Waals surface area contributed by atoms with E-state index in [-0.39, 0.29) is 0 Å². The molecule has 0 aliphatic heterocycles. The van der Waals surface area contributed by atoms with Gasteiger partial charge in [0, 0.05) is 12.3 Å². The van der Waals surface area contributed by atoms with Crippen molar-refractivity contribution in [2.24, 2.45) is 0 Å². The first-order valence-electron chi connectivity index (χ1n) is 7.71. The lowest BCUT2D eigenvalue weighted by molar-refractivity contribution is -0.0519. The quantitative estimate of drug-likeness (QED) is 0.477. The van der Waals surface area contributed by atoms with Crippen molar-refractivity contribution < 1.29 is 38.1 Å². The predicted molar refractivity (Wildman–Crippen MR) is 91.1 cm³/mol. The molecule has 0 fully saturated rings. The Hall–Kier alpha value is -3.31. The van der Waals surface area contributed by atoms with E-state index in [1.807, 2.05) is 0 Å². The fourth-order valence-electron chi connectivity index (χ4n) is 2.40. The van der Waals surface area contributed by atoms with Crippen LogP contribution in [0.25, 0.3) is 0 Å². The van der Waals surface area contributed by atoms with Crippen LogP contribution in [0.3, 0.4) is 0 Å². The molecule has 0 atom stereocenters. The number of hydrogen-bond acceptors (Lipinski definition) is 7. The molecule has 1 heterocycles. The van der Waals surface area contributed by atoms with Gasteiger partial charge in [-0.25, -0.2) is 13.6 Å². The maximum absolute atomic E-state index is 13.7. The van der Waals surface area contributed by atoms with Gasteiger partial charge in [0.05, 0.1) is 26.5 Å². The minimum absolute atomic E-state index is 0.393. The first-order valence-corrected chi connectivity index (χ1v) is 7.71. The van der Waals surface area contributed by atoms with E-state index in [2.05, 4.69) is 10.1 Å². The van der Waals surface area contributed by atoms with Crippen LogP contribution in [0.4, 0.5) is 14.5 Å². The number of carbonyl (C=O) groups excluding carboxylic acids is 2. The van der Waals surface area contributed by atoms with E-state index in [1.165, 1.54) is 0 Å². The second kappa shape index (κ2) is 8.59. The fourth-order valence-corrected chi connectivity index (χ4v) is 2.40. The van der Waals surface area contributed by atoms with Gasteiger partial charge < -0.3 is 29.6 Å². The predicted octanol–water partition coefficient (Wildman–Crippen LogP) is 0.485. The minimum atomic E-state index is -1.94. The Morgan fingerprint density at radius 2 is 1.93 bits per heavy atom. The molecule has 150 valence electrons. The zero-order chi connectivity index (χ0) is 21.0. The highest BCUT2D eigenvalue weighted by Gasteiger charge is 2.26. The molecule has 0 spiro atoms. The molecule has 0 bridgehead atoms. The molecule has 0 saturated carbocycles. The van der Waals surface area contributed by atoms with Crippen molar-refractivity contribution in [2.45, 2.75) is 12.8 Å². The second-order valence-corrected chi connectivity index (χ2v) is 5.46. The second-order valence-electron chi connectivity index (χ2n) is 5.46. The Morgan fingerprint density at radius 3 is 2.46 bits per heavy atom. The number of carbonyl (C=O) groups is 2. The van der Waals surface area contributed by atoms with Gasteiger partial charge in [-0.05, 0) is 12.1 Å². The van der Waals surface area contributed by atoms with Crippen LogP contribution < -0.4 is 15.5 Å². The van der Waals surface area contributed by atoms with Gasteiger partial charge in [-0.1, -0.05) is 0 Å². The monoisotopic (exact) mass is 398 g/mol. The summed E-state index contributed by atoms with van der Waals surface area (Å²) in [6.45, 7) is -0.605. The minimum Gasteiger partial charge on any atom is -0.491 e. The molecule has 1 aromatic heterocycles. The smallest absolute Gasteiger partial charge is 0.358 e. The number of nitrogens with one attached hydrogen (secondary N) is 1. The van der Waals surface area contributed by atoms with Crippen LogP contribution >= 0.6 is 0 Å². The van der Waals surface area contributed by atoms with Crippen molar-refractivity contribution in [3.63, 3.8) is 0 Å². The molecule has 1 amide bonds. The summed E-state index contributed by atoms with van der Waals surface area (Å²) < 4.78 is 37.1. The number of pyridine rings is 1. The Balaban J connectivity index is 2.58. The zero-order valence-corrected chi connectivity index (χ0v) is 14.7. The van der Waals surface area contributed by atoms with E-state index in [0.717, 1.165) is 37.1 Å². The summed E-state index contributed by atoms with van der Waals surface area (Å²) in [5.41, 5.74) is -2.45. The van der Waals surface area contributed by atoms with Crippen LogP contribution in [0.2, 0.25) is 0 Å². The third kappa shape index (κ3) is 4.32. The van der Waals surface area contributed by atoms with Crippen molar-refractivity contribution >= 4 is 17.6 Å². The fraction of sp³-hybridized carbons (Fsp3) is 0.235. The third-order valence-electron chi connectivity index (χ3n) is 3.60. The Kier molecular flexibility index (Phi) is 6.44. The lowest BCUT2D eigenvalue weighted by Crippen LogP contribution is -2.30. The zero-order valence-electron chi connectivity index (χ0n) is 14.7. The average Bonchev–Trinajstić information content (AvgIpc) is 2.63. The number of aliphatic hydroxyl groups is 2. The topological polar surface area (TPSA) is 127 Å². The maximum atomic E-state index is 13.7. The molecule has 2 aromatic rings. The van der Waals surface area contributed by atoms with Crippen LogP contribution in [0, 0.1) is 11.6 Å². The van der Waals surface area contributed by atoms with Crippen molar-refractivity contribution in [1.82, 2.24) is 4.57 Å². The Morgan fingerprint density at radius 1 is 1.25 bits per heavy atom. The molecule has 11 heteroatoms. The van der Waals surface area contributed by atoms with Crippen LogP contribution in [-0.2, 0) is 11.3 Å². The molecular formula is C17H16F2N2O7. The molecular weight excluding hydrogens is 382 g/mol. The van der Waals surface area contributed by atoms with Gasteiger partial charge in [-0.15, -0.1) is 0 Å². The van der Waals surface area contributed by atoms with Gasteiger partial charge in [-0.3, -0.25) is 9.59 Å². The summed E-state index contributed by atoms with van der Waals surface area (Å²) in [4.78, 5) is 37.0. The number of halogens is 2. The number of nitrogens with zero attached hydrogens (tertiary/aromatic N) is 1. The van der Waals surface area contributed by atoms with E-state index in [0.29, 0.717) is 6.07 Å². The number of methoxy groups -OCH3 is 2. The third-order valence-corrected chi connectivity index (χ3v) is 3.60.